The molecule has 2 aromatic heterocycles. The van der Waals surface area contributed by atoms with Crippen LogP contribution < -0.4 is 10.6 Å². The fourth-order valence-corrected chi connectivity index (χ4v) is 4.02. The third-order valence-corrected chi connectivity index (χ3v) is 5.52. The highest BCUT2D eigenvalue weighted by Gasteiger charge is 2.17. The molecule has 0 spiro atoms. The molecule has 0 saturated heterocycles. The maximum Gasteiger partial charge on any atom is 0.238 e. The van der Waals surface area contributed by atoms with E-state index in [-0.39, 0.29) is 23.6 Å². The zero-order valence-corrected chi connectivity index (χ0v) is 17.6. The van der Waals surface area contributed by atoms with Crippen molar-refractivity contribution in [1.82, 2.24) is 10.3 Å². The van der Waals surface area contributed by atoms with Crippen molar-refractivity contribution in [3.05, 3.63) is 81.3 Å². The summed E-state index contributed by atoms with van der Waals surface area (Å²) >= 11 is 7.69. The van der Waals surface area contributed by atoms with Crippen molar-refractivity contribution in [2.24, 2.45) is 5.92 Å². The van der Waals surface area contributed by atoms with E-state index in [1.165, 1.54) is 10.4 Å². The minimum atomic E-state index is -0.159. The Bertz CT molecular complexity index is 894. The van der Waals surface area contributed by atoms with E-state index in [0.29, 0.717) is 11.6 Å². The lowest BCUT2D eigenvalue weighted by Gasteiger charge is -2.19. The van der Waals surface area contributed by atoms with Gasteiger partial charge in [-0.05, 0) is 47.0 Å². The summed E-state index contributed by atoms with van der Waals surface area (Å²) in [6.07, 6.45) is 2.65. The van der Waals surface area contributed by atoms with Crippen molar-refractivity contribution >= 4 is 34.5 Å². The second-order valence-corrected chi connectivity index (χ2v) is 8.40. The van der Waals surface area contributed by atoms with E-state index in [0.717, 1.165) is 12.0 Å². The van der Waals surface area contributed by atoms with Gasteiger partial charge in [0.25, 0.3) is 0 Å². The van der Waals surface area contributed by atoms with Crippen LogP contribution in [0.15, 0.2) is 60.1 Å². The van der Waals surface area contributed by atoms with E-state index >= 15 is 0 Å². The number of nitrogens with zero attached hydrogens (tertiary/aromatic N) is 1. The molecular formula is C22H24ClN3OS. The van der Waals surface area contributed by atoms with E-state index in [2.05, 4.69) is 59.8 Å². The first kappa shape index (κ1) is 20.5. The van der Waals surface area contributed by atoms with Crippen molar-refractivity contribution in [2.75, 3.05) is 11.9 Å². The lowest BCUT2D eigenvalue weighted by atomic mass is 9.99. The molecule has 3 rings (SSSR count). The highest BCUT2D eigenvalue weighted by atomic mass is 35.5. The van der Waals surface area contributed by atoms with Gasteiger partial charge in [-0.2, -0.15) is 0 Å². The third-order valence-electron chi connectivity index (χ3n) is 4.28. The molecule has 0 aliphatic heterocycles. The topological polar surface area (TPSA) is 54.0 Å². The molecule has 1 amide bonds. The van der Waals surface area contributed by atoms with Crippen LogP contribution in [0.1, 0.15) is 35.9 Å². The predicted molar refractivity (Wildman–Crippen MR) is 117 cm³/mol. The molecule has 0 bridgehead atoms. The fraction of sp³-hybridized carbons (Fsp3) is 0.273. The highest BCUT2D eigenvalue weighted by Crippen LogP contribution is 2.26. The monoisotopic (exact) mass is 413 g/mol. The van der Waals surface area contributed by atoms with Gasteiger partial charge in [-0.1, -0.05) is 55.8 Å². The van der Waals surface area contributed by atoms with Gasteiger partial charge >= 0.3 is 0 Å². The predicted octanol–water partition coefficient (Wildman–Crippen LogP) is 5.31. The zero-order chi connectivity index (χ0) is 19.9. The van der Waals surface area contributed by atoms with E-state index in [1.54, 1.807) is 29.7 Å². The summed E-state index contributed by atoms with van der Waals surface area (Å²) in [4.78, 5) is 17.5. The molecule has 2 heterocycles. The second kappa shape index (κ2) is 9.82. The van der Waals surface area contributed by atoms with Crippen LogP contribution in [-0.4, -0.2) is 17.4 Å². The van der Waals surface area contributed by atoms with Crippen LogP contribution in [0.5, 0.6) is 0 Å². The number of pyridine rings is 1. The number of hydrogen-bond acceptors (Lipinski definition) is 4. The first-order chi connectivity index (χ1) is 13.5. The Morgan fingerprint density at radius 2 is 1.93 bits per heavy atom. The second-order valence-electron chi connectivity index (χ2n) is 7.06. The average Bonchev–Trinajstić information content (AvgIpc) is 3.19. The summed E-state index contributed by atoms with van der Waals surface area (Å²) in [6.45, 7) is 4.61. The van der Waals surface area contributed by atoms with Gasteiger partial charge in [-0.25, -0.2) is 4.98 Å². The minimum absolute atomic E-state index is 0.0387. The summed E-state index contributed by atoms with van der Waals surface area (Å²) in [7, 11) is 0. The van der Waals surface area contributed by atoms with Crippen molar-refractivity contribution in [3.8, 4) is 0 Å². The first-order valence-corrected chi connectivity index (χ1v) is 10.5. The number of carbonyl (C=O) groups excluding carboxylic acids is 1. The van der Waals surface area contributed by atoms with Crippen molar-refractivity contribution < 1.29 is 4.79 Å². The van der Waals surface area contributed by atoms with Crippen LogP contribution in [0, 0.1) is 5.92 Å². The van der Waals surface area contributed by atoms with Crippen LogP contribution in [-0.2, 0) is 11.2 Å². The molecule has 1 aromatic carbocycles. The quantitative estimate of drug-likeness (QED) is 0.492. The summed E-state index contributed by atoms with van der Waals surface area (Å²) in [5, 5.41) is 8.51. The summed E-state index contributed by atoms with van der Waals surface area (Å²) in [6, 6.07) is 16.2. The molecular weight excluding hydrogens is 390 g/mol. The number of amides is 1. The van der Waals surface area contributed by atoms with E-state index in [9.17, 15) is 4.79 Å². The molecule has 0 saturated carbocycles. The number of aromatic nitrogens is 1. The molecule has 0 aliphatic rings. The largest absolute Gasteiger partial charge is 0.322 e. The Morgan fingerprint density at radius 1 is 1.14 bits per heavy atom. The lowest BCUT2D eigenvalue weighted by Crippen LogP contribution is -2.31. The molecule has 6 heteroatoms. The highest BCUT2D eigenvalue weighted by molar-refractivity contribution is 7.10. The van der Waals surface area contributed by atoms with Crippen LogP contribution in [0.2, 0.25) is 5.15 Å². The number of halogens is 1. The van der Waals surface area contributed by atoms with Gasteiger partial charge in [0.05, 0.1) is 18.3 Å². The Morgan fingerprint density at radius 3 is 2.57 bits per heavy atom. The zero-order valence-electron chi connectivity index (χ0n) is 16.0. The van der Waals surface area contributed by atoms with Gasteiger partial charge in [0.2, 0.25) is 5.91 Å². The van der Waals surface area contributed by atoms with E-state index in [4.69, 9.17) is 11.6 Å². The van der Waals surface area contributed by atoms with Gasteiger partial charge in [0.1, 0.15) is 0 Å². The molecule has 28 heavy (non-hydrogen) atoms. The number of rotatable bonds is 8. The van der Waals surface area contributed by atoms with Crippen molar-refractivity contribution in [3.63, 3.8) is 0 Å². The smallest absolute Gasteiger partial charge is 0.238 e. The number of thiophene rings is 1. The van der Waals surface area contributed by atoms with Crippen LogP contribution >= 0.6 is 22.9 Å². The fourth-order valence-electron chi connectivity index (χ4n) is 3.02. The molecule has 3 aromatic rings. The lowest BCUT2D eigenvalue weighted by molar-refractivity contribution is -0.115. The third kappa shape index (κ3) is 5.64. The number of nitrogens with one attached hydrogen (secondary N) is 2. The normalized spacial score (nSPS) is 12.1. The number of benzene rings is 1. The summed E-state index contributed by atoms with van der Waals surface area (Å²) in [5.41, 5.74) is 2.98. The van der Waals surface area contributed by atoms with Crippen molar-refractivity contribution in [2.45, 2.75) is 26.3 Å². The van der Waals surface area contributed by atoms with E-state index in [1.807, 2.05) is 11.4 Å². The Labute approximate surface area is 175 Å². The molecule has 0 unspecified atom stereocenters. The standard InChI is InChI=1S/C22H24ClN3OS/c1-15(2)13-16-7-9-17(10-8-16)21(19-6-4-12-28-19)25-14-20(27)26-18-5-3-11-24-22(18)23/h3-12,15,21,25H,13-14H2,1-2H3,(H,26,27)/t21-/m1/s1. The number of carbonyl (C=O) groups is 1. The van der Waals surface area contributed by atoms with Crippen LogP contribution in [0.4, 0.5) is 5.69 Å². The van der Waals surface area contributed by atoms with E-state index < -0.39 is 0 Å². The van der Waals surface area contributed by atoms with Gasteiger partial charge < -0.3 is 5.32 Å². The SMILES string of the molecule is CC(C)Cc1ccc([C@@H](NCC(=O)Nc2cccnc2Cl)c2cccs2)cc1. The number of hydrogen-bond donors (Lipinski definition) is 2. The molecule has 4 nitrogen and oxygen atoms in total. The van der Waals surface area contributed by atoms with Crippen LogP contribution in [0.3, 0.4) is 0 Å². The first-order valence-electron chi connectivity index (χ1n) is 9.29. The summed E-state index contributed by atoms with van der Waals surface area (Å²) in [5.74, 6) is 0.466. The van der Waals surface area contributed by atoms with Gasteiger partial charge in [-0.15, -0.1) is 11.3 Å². The summed E-state index contributed by atoms with van der Waals surface area (Å²) < 4.78 is 0. The molecule has 146 valence electrons. The minimum Gasteiger partial charge on any atom is -0.322 e. The van der Waals surface area contributed by atoms with Gasteiger partial charge in [-0.3, -0.25) is 10.1 Å². The number of anilines is 1. The Balaban J connectivity index is 1.69. The van der Waals surface area contributed by atoms with Gasteiger partial charge in [0.15, 0.2) is 5.15 Å². The molecule has 0 radical (unpaired) electrons. The molecule has 2 N–H and O–H groups in total. The average molecular weight is 414 g/mol. The maximum atomic E-state index is 12.4. The molecule has 1 atom stereocenters. The Kier molecular flexibility index (Phi) is 7.20. The van der Waals surface area contributed by atoms with Crippen molar-refractivity contribution in [1.29, 1.82) is 0 Å². The van der Waals surface area contributed by atoms with Gasteiger partial charge in [0, 0.05) is 11.1 Å². The van der Waals surface area contributed by atoms with Crippen LogP contribution in [0.25, 0.3) is 0 Å². The molecule has 0 fully saturated rings. The maximum absolute atomic E-state index is 12.4. The molecule has 0 aliphatic carbocycles. The Hall–Kier alpha value is -2.21.